The lowest BCUT2D eigenvalue weighted by Crippen LogP contribution is -2.17. The monoisotopic (exact) mass is 233 g/mol. The van der Waals surface area contributed by atoms with E-state index in [-0.39, 0.29) is 11.9 Å². The average Bonchev–Trinajstić information content (AvgIpc) is 2.65. The highest BCUT2D eigenvalue weighted by molar-refractivity contribution is 5.62. The van der Waals surface area contributed by atoms with Crippen molar-refractivity contribution < 1.29 is 8.81 Å². The van der Waals surface area contributed by atoms with E-state index in [0.717, 1.165) is 11.3 Å². The van der Waals surface area contributed by atoms with Crippen LogP contribution in [0.1, 0.15) is 18.2 Å². The first-order chi connectivity index (χ1) is 8.08. The lowest BCUT2D eigenvalue weighted by atomic mass is 10.1. The van der Waals surface area contributed by atoms with Gasteiger partial charge in [0, 0.05) is 12.5 Å². The predicted molar refractivity (Wildman–Crippen MR) is 66.2 cm³/mol. The number of nitrogens with two attached hydrogens (primary N) is 1. The first kappa shape index (κ1) is 11.9. The van der Waals surface area contributed by atoms with Crippen LogP contribution >= 0.6 is 0 Å². The van der Waals surface area contributed by atoms with E-state index in [2.05, 4.69) is 0 Å². The van der Waals surface area contributed by atoms with Gasteiger partial charge in [0.05, 0.1) is 5.56 Å². The second-order valence-corrected chi connectivity index (χ2v) is 4.38. The van der Waals surface area contributed by atoms with E-state index in [1.54, 1.807) is 12.1 Å². The number of aryl methyl sites for hydroxylation is 1. The minimum Gasteiger partial charge on any atom is -0.461 e. The summed E-state index contributed by atoms with van der Waals surface area (Å²) in [4.78, 5) is 0. The molecule has 1 aromatic carbocycles. The Labute approximate surface area is 100 Å². The van der Waals surface area contributed by atoms with E-state index in [9.17, 15) is 4.39 Å². The molecule has 1 aromatic heterocycles. The molecule has 0 fully saturated rings. The molecule has 0 amide bonds. The largest absolute Gasteiger partial charge is 0.461 e. The maximum atomic E-state index is 13.7. The highest BCUT2D eigenvalue weighted by Crippen LogP contribution is 2.28. The highest BCUT2D eigenvalue weighted by atomic mass is 19.1. The number of hydrogen-bond donors (Lipinski definition) is 1. The van der Waals surface area contributed by atoms with E-state index in [0.29, 0.717) is 17.7 Å². The molecule has 0 spiro atoms. The fourth-order valence-electron chi connectivity index (χ4n) is 1.88. The summed E-state index contributed by atoms with van der Waals surface area (Å²) in [5.41, 5.74) is 7.10. The zero-order valence-electron chi connectivity index (χ0n) is 10.0. The summed E-state index contributed by atoms with van der Waals surface area (Å²) >= 11 is 0. The van der Waals surface area contributed by atoms with Crippen LogP contribution in [0.5, 0.6) is 0 Å². The number of hydrogen-bond acceptors (Lipinski definition) is 2. The summed E-state index contributed by atoms with van der Waals surface area (Å²) in [5, 5.41) is 0. The second kappa shape index (κ2) is 4.72. The Morgan fingerprint density at radius 1 is 1.29 bits per heavy atom. The van der Waals surface area contributed by atoms with Crippen molar-refractivity contribution in [3.05, 3.63) is 47.5 Å². The fourth-order valence-corrected chi connectivity index (χ4v) is 1.88. The maximum Gasteiger partial charge on any atom is 0.137 e. The van der Waals surface area contributed by atoms with Gasteiger partial charge in [-0.25, -0.2) is 4.39 Å². The van der Waals surface area contributed by atoms with Crippen molar-refractivity contribution in [3.63, 3.8) is 0 Å². The maximum absolute atomic E-state index is 13.7. The lowest BCUT2D eigenvalue weighted by Gasteiger charge is -2.04. The molecule has 17 heavy (non-hydrogen) atoms. The first-order valence-corrected chi connectivity index (χ1v) is 5.67. The molecule has 1 unspecified atom stereocenters. The third kappa shape index (κ3) is 2.56. The van der Waals surface area contributed by atoms with Crippen molar-refractivity contribution in [2.24, 2.45) is 5.73 Å². The molecule has 0 saturated carbocycles. The Bertz CT molecular complexity index is 496. The third-order valence-electron chi connectivity index (χ3n) is 2.65. The molecule has 2 aromatic rings. The van der Waals surface area contributed by atoms with Gasteiger partial charge in [-0.1, -0.05) is 12.1 Å². The van der Waals surface area contributed by atoms with E-state index in [1.807, 2.05) is 26.0 Å². The minimum atomic E-state index is -0.258. The topological polar surface area (TPSA) is 39.2 Å². The van der Waals surface area contributed by atoms with Crippen LogP contribution in [0.3, 0.4) is 0 Å². The summed E-state index contributed by atoms with van der Waals surface area (Å²) < 4.78 is 19.3. The van der Waals surface area contributed by atoms with Crippen LogP contribution in [-0.2, 0) is 6.42 Å². The standard InChI is InChI=1S/C14H16FNO/c1-9-4-3-5-12(15)14(9)13-7-6-11(17-13)8-10(2)16/h3-7,10H,8,16H2,1-2H3. The smallest absolute Gasteiger partial charge is 0.137 e. The normalized spacial score (nSPS) is 12.7. The van der Waals surface area contributed by atoms with Gasteiger partial charge in [0.1, 0.15) is 17.3 Å². The number of rotatable bonds is 3. The number of halogens is 1. The molecule has 0 aliphatic heterocycles. The van der Waals surface area contributed by atoms with Crippen LogP contribution in [0.4, 0.5) is 4.39 Å². The van der Waals surface area contributed by atoms with Crippen molar-refractivity contribution in [2.45, 2.75) is 26.3 Å². The van der Waals surface area contributed by atoms with Crippen molar-refractivity contribution in [3.8, 4) is 11.3 Å². The van der Waals surface area contributed by atoms with E-state index >= 15 is 0 Å². The Hall–Kier alpha value is -1.61. The van der Waals surface area contributed by atoms with Gasteiger partial charge < -0.3 is 10.2 Å². The summed E-state index contributed by atoms with van der Waals surface area (Å²) in [6.07, 6.45) is 0.660. The predicted octanol–water partition coefficient (Wildman–Crippen LogP) is 3.28. The number of benzene rings is 1. The van der Waals surface area contributed by atoms with Gasteiger partial charge in [0.2, 0.25) is 0 Å². The Morgan fingerprint density at radius 2 is 2.06 bits per heavy atom. The van der Waals surface area contributed by atoms with Crippen LogP contribution in [0.25, 0.3) is 11.3 Å². The van der Waals surface area contributed by atoms with Gasteiger partial charge in [-0.3, -0.25) is 0 Å². The molecular formula is C14H16FNO. The molecule has 2 nitrogen and oxygen atoms in total. The van der Waals surface area contributed by atoms with Crippen molar-refractivity contribution in [2.75, 3.05) is 0 Å². The van der Waals surface area contributed by atoms with Gasteiger partial charge in [0.25, 0.3) is 0 Å². The van der Waals surface area contributed by atoms with E-state index in [1.165, 1.54) is 6.07 Å². The quantitative estimate of drug-likeness (QED) is 0.883. The molecule has 0 saturated heterocycles. The Kier molecular flexibility index (Phi) is 3.29. The molecular weight excluding hydrogens is 217 g/mol. The zero-order valence-corrected chi connectivity index (χ0v) is 10.0. The molecule has 90 valence electrons. The summed E-state index contributed by atoms with van der Waals surface area (Å²) in [6, 6.07) is 8.69. The minimum absolute atomic E-state index is 0.0377. The Balaban J connectivity index is 2.37. The van der Waals surface area contributed by atoms with E-state index in [4.69, 9.17) is 10.2 Å². The second-order valence-electron chi connectivity index (χ2n) is 4.38. The summed E-state index contributed by atoms with van der Waals surface area (Å²) in [5.74, 6) is 1.10. The van der Waals surface area contributed by atoms with Crippen molar-refractivity contribution >= 4 is 0 Å². The van der Waals surface area contributed by atoms with Crippen LogP contribution in [0.2, 0.25) is 0 Å². The number of furan rings is 1. The first-order valence-electron chi connectivity index (χ1n) is 5.67. The van der Waals surface area contributed by atoms with Crippen LogP contribution < -0.4 is 5.73 Å². The fraction of sp³-hybridized carbons (Fsp3) is 0.286. The van der Waals surface area contributed by atoms with Crippen LogP contribution in [0, 0.1) is 12.7 Å². The van der Waals surface area contributed by atoms with Crippen molar-refractivity contribution in [1.82, 2.24) is 0 Å². The van der Waals surface area contributed by atoms with Gasteiger partial charge in [0.15, 0.2) is 0 Å². The molecule has 0 aliphatic rings. The molecule has 2 N–H and O–H groups in total. The van der Waals surface area contributed by atoms with Crippen LogP contribution in [0.15, 0.2) is 34.7 Å². The molecule has 1 atom stereocenters. The van der Waals surface area contributed by atoms with Crippen molar-refractivity contribution in [1.29, 1.82) is 0 Å². The highest BCUT2D eigenvalue weighted by Gasteiger charge is 2.12. The van der Waals surface area contributed by atoms with Gasteiger partial charge in [-0.2, -0.15) is 0 Å². The van der Waals surface area contributed by atoms with E-state index < -0.39 is 0 Å². The zero-order chi connectivity index (χ0) is 12.4. The molecule has 2 rings (SSSR count). The SMILES string of the molecule is Cc1cccc(F)c1-c1ccc(CC(C)N)o1. The molecule has 0 bridgehead atoms. The Morgan fingerprint density at radius 3 is 2.71 bits per heavy atom. The average molecular weight is 233 g/mol. The van der Waals surface area contributed by atoms with Gasteiger partial charge in [-0.05, 0) is 37.6 Å². The lowest BCUT2D eigenvalue weighted by molar-refractivity contribution is 0.499. The van der Waals surface area contributed by atoms with Gasteiger partial charge in [-0.15, -0.1) is 0 Å². The molecule has 3 heteroatoms. The molecule has 1 heterocycles. The molecule has 0 aliphatic carbocycles. The summed E-state index contributed by atoms with van der Waals surface area (Å²) in [7, 11) is 0. The molecule has 0 radical (unpaired) electrons. The third-order valence-corrected chi connectivity index (χ3v) is 2.65. The summed E-state index contributed by atoms with van der Waals surface area (Å²) in [6.45, 7) is 3.78. The van der Waals surface area contributed by atoms with Gasteiger partial charge >= 0.3 is 0 Å². The van der Waals surface area contributed by atoms with Crippen LogP contribution in [-0.4, -0.2) is 6.04 Å².